The fourth-order valence-corrected chi connectivity index (χ4v) is 4.88. The minimum Gasteiger partial charge on any atom is -0.465 e. The van der Waals surface area contributed by atoms with Crippen molar-refractivity contribution in [3.63, 3.8) is 0 Å². The lowest BCUT2D eigenvalue weighted by atomic mass is 10.1. The second-order valence-corrected chi connectivity index (χ2v) is 7.29. The molecule has 1 heterocycles. The second-order valence-electron chi connectivity index (χ2n) is 5.03. The van der Waals surface area contributed by atoms with Crippen molar-refractivity contribution in [2.24, 2.45) is 0 Å². The van der Waals surface area contributed by atoms with Gasteiger partial charge in [0.2, 0.25) is 0 Å². The van der Waals surface area contributed by atoms with Crippen LogP contribution in [0.1, 0.15) is 31.1 Å². The Bertz CT molecular complexity index is 581. The van der Waals surface area contributed by atoms with Crippen molar-refractivity contribution in [1.82, 2.24) is 0 Å². The largest absolute Gasteiger partial charge is 0.465 e. The Morgan fingerprint density at radius 2 is 2.05 bits per heavy atom. The molecule has 21 heavy (non-hydrogen) atoms. The topological polar surface area (TPSA) is 69.7 Å². The fraction of sp³-hybridized carbons (Fsp3) is 0.533. The molecule has 0 radical (unpaired) electrons. The van der Waals surface area contributed by atoms with Crippen LogP contribution < -0.4 is 0 Å². The summed E-state index contributed by atoms with van der Waals surface area (Å²) in [6.45, 7) is 3.93. The highest BCUT2D eigenvalue weighted by atomic mass is 32.2. The highest BCUT2D eigenvalue weighted by Gasteiger charge is 2.45. The van der Waals surface area contributed by atoms with Crippen LogP contribution in [0, 0.1) is 0 Å². The molecule has 116 valence electrons. The Morgan fingerprint density at radius 3 is 2.57 bits per heavy atom. The Hall–Kier alpha value is -1.40. The first-order valence-corrected chi connectivity index (χ1v) is 8.65. The van der Waals surface area contributed by atoms with Crippen LogP contribution in [0.25, 0.3) is 0 Å². The first kappa shape index (κ1) is 16.0. The van der Waals surface area contributed by atoms with Gasteiger partial charge in [-0.3, -0.25) is 4.79 Å². The molecule has 1 saturated heterocycles. The summed E-state index contributed by atoms with van der Waals surface area (Å²) in [5, 5.41) is -1.96. The molecule has 5 nitrogen and oxygen atoms in total. The van der Waals surface area contributed by atoms with Crippen LogP contribution in [0.15, 0.2) is 30.3 Å². The molecule has 0 saturated carbocycles. The maximum Gasteiger partial charge on any atom is 0.328 e. The molecule has 0 N–H and O–H groups in total. The number of rotatable bonds is 5. The highest BCUT2D eigenvalue weighted by molar-refractivity contribution is 7.93. The summed E-state index contributed by atoms with van der Waals surface area (Å²) in [6, 6.07) is 8.48. The van der Waals surface area contributed by atoms with Crippen molar-refractivity contribution in [1.29, 1.82) is 0 Å². The monoisotopic (exact) mass is 312 g/mol. The van der Waals surface area contributed by atoms with E-state index in [0.717, 1.165) is 0 Å². The number of ether oxygens (including phenoxy) is 2. The number of hydrogen-bond donors (Lipinski definition) is 0. The van der Waals surface area contributed by atoms with Crippen LogP contribution >= 0.6 is 0 Å². The third kappa shape index (κ3) is 3.27. The Kier molecular flexibility index (Phi) is 5.00. The minimum absolute atomic E-state index is 0.147. The Balaban J connectivity index is 2.42. The van der Waals surface area contributed by atoms with Crippen molar-refractivity contribution < 1.29 is 22.7 Å². The van der Waals surface area contributed by atoms with E-state index in [1.54, 1.807) is 44.2 Å². The molecule has 1 fully saturated rings. The molecule has 0 spiro atoms. The van der Waals surface area contributed by atoms with Crippen LogP contribution in [0.2, 0.25) is 0 Å². The van der Waals surface area contributed by atoms with Crippen molar-refractivity contribution in [3.05, 3.63) is 35.9 Å². The van der Waals surface area contributed by atoms with E-state index in [-0.39, 0.29) is 6.61 Å². The molecule has 0 amide bonds. The normalized spacial score (nSPS) is 23.7. The standard InChI is InChI=1S/C15H20O5S/c1-3-19-15(16)14(12-7-5-4-6-8-12)21(17,18)13-9-10-20-11(13)2/h4-8,11,13-14H,3,9-10H2,1-2H3. The minimum atomic E-state index is -3.72. The zero-order valence-corrected chi connectivity index (χ0v) is 13.0. The number of hydrogen-bond acceptors (Lipinski definition) is 5. The van der Waals surface area contributed by atoms with Crippen LogP contribution in [0.3, 0.4) is 0 Å². The van der Waals surface area contributed by atoms with Gasteiger partial charge in [0.05, 0.1) is 18.0 Å². The van der Waals surface area contributed by atoms with Gasteiger partial charge in [-0.1, -0.05) is 30.3 Å². The average Bonchev–Trinajstić information content (AvgIpc) is 2.87. The second kappa shape index (κ2) is 6.58. The summed E-state index contributed by atoms with van der Waals surface area (Å²) >= 11 is 0. The van der Waals surface area contributed by atoms with E-state index in [1.807, 2.05) is 0 Å². The van der Waals surface area contributed by atoms with Gasteiger partial charge in [-0.25, -0.2) is 8.42 Å². The number of carbonyl (C=O) groups excluding carboxylic acids is 1. The number of carbonyl (C=O) groups is 1. The number of benzene rings is 1. The molecular weight excluding hydrogens is 292 g/mol. The zero-order valence-electron chi connectivity index (χ0n) is 12.2. The van der Waals surface area contributed by atoms with E-state index >= 15 is 0 Å². The number of sulfone groups is 1. The smallest absolute Gasteiger partial charge is 0.328 e. The van der Waals surface area contributed by atoms with Crippen LogP contribution in [-0.2, 0) is 24.1 Å². The van der Waals surface area contributed by atoms with E-state index in [4.69, 9.17) is 9.47 Å². The van der Waals surface area contributed by atoms with Gasteiger partial charge >= 0.3 is 5.97 Å². The van der Waals surface area contributed by atoms with Gasteiger partial charge < -0.3 is 9.47 Å². The molecule has 0 aromatic heterocycles. The van der Waals surface area contributed by atoms with Gasteiger partial charge in [-0.2, -0.15) is 0 Å². The molecule has 1 aromatic rings. The first-order chi connectivity index (χ1) is 9.98. The zero-order chi connectivity index (χ0) is 15.5. The van der Waals surface area contributed by atoms with Crippen LogP contribution in [0.4, 0.5) is 0 Å². The number of esters is 1. The lowest BCUT2D eigenvalue weighted by molar-refractivity contribution is -0.142. The molecule has 6 heteroatoms. The van der Waals surface area contributed by atoms with Gasteiger partial charge in [-0.05, 0) is 25.8 Å². The van der Waals surface area contributed by atoms with Gasteiger partial charge in [0.1, 0.15) is 0 Å². The van der Waals surface area contributed by atoms with Crippen molar-refractivity contribution in [3.8, 4) is 0 Å². The molecule has 1 aromatic carbocycles. The van der Waals surface area contributed by atoms with Crippen molar-refractivity contribution >= 4 is 15.8 Å². The van der Waals surface area contributed by atoms with E-state index in [0.29, 0.717) is 18.6 Å². The van der Waals surface area contributed by atoms with E-state index in [9.17, 15) is 13.2 Å². The maximum absolute atomic E-state index is 12.9. The van der Waals surface area contributed by atoms with E-state index in [2.05, 4.69) is 0 Å². The SMILES string of the molecule is CCOC(=O)C(c1ccccc1)S(=O)(=O)C1CCOC1C. The summed E-state index contributed by atoms with van der Waals surface area (Å²) < 4.78 is 36.1. The summed E-state index contributed by atoms with van der Waals surface area (Å²) in [4.78, 5) is 12.2. The molecular formula is C15H20O5S. The Labute approximate surface area is 125 Å². The Morgan fingerprint density at radius 1 is 1.38 bits per heavy atom. The predicted molar refractivity (Wildman–Crippen MR) is 78.6 cm³/mol. The highest BCUT2D eigenvalue weighted by Crippen LogP contribution is 2.33. The third-order valence-electron chi connectivity index (χ3n) is 3.66. The van der Waals surface area contributed by atoms with Gasteiger partial charge in [0.25, 0.3) is 0 Å². The van der Waals surface area contributed by atoms with Gasteiger partial charge in [-0.15, -0.1) is 0 Å². The average molecular weight is 312 g/mol. The molecule has 3 atom stereocenters. The summed E-state index contributed by atoms with van der Waals surface area (Å²) in [7, 11) is -3.72. The van der Waals surface area contributed by atoms with E-state index < -0.39 is 32.4 Å². The fourth-order valence-electron chi connectivity index (χ4n) is 2.62. The third-order valence-corrected chi connectivity index (χ3v) is 6.24. The summed E-state index contributed by atoms with van der Waals surface area (Å²) in [5.41, 5.74) is 0.440. The summed E-state index contributed by atoms with van der Waals surface area (Å²) in [5.74, 6) is -0.720. The molecule has 0 bridgehead atoms. The van der Waals surface area contributed by atoms with Crippen molar-refractivity contribution in [2.45, 2.75) is 36.9 Å². The van der Waals surface area contributed by atoms with Crippen molar-refractivity contribution in [2.75, 3.05) is 13.2 Å². The summed E-state index contributed by atoms with van der Waals surface area (Å²) in [6.07, 6.45) is 0.00215. The lowest BCUT2D eigenvalue weighted by Crippen LogP contribution is -2.36. The lowest BCUT2D eigenvalue weighted by Gasteiger charge is -2.22. The van der Waals surface area contributed by atoms with Gasteiger partial charge in [0, 0.05) is 6.61 Å². The molecule has 3 unspecified atom stereocenters. The first-order valence-electron chi connectivity index (χ1n) is 7.04. The molecule has 2 rings (SSSR count). The van der Waals surface area contributed by atoms with E-state index in [1.165, 1.54) is 0 Å². The molecule has 1 aliphatic heterocycles. The predicted octanol–water partition coefficient (Wildman–Crippen LogP) is 1.88. The van der Waals surface area contributed by atoms with Crippen LogP contribution in [-0.4, -0.2) is 39.0 Å². The quantitative estimate of drug-likeness (QED) is 0.777. The molecule has 0 aliphatic carbocycles. The van der Waals surface area contributed by atoms with Gasteiger partial charge in [0.15, 0.2) is 15.1 Å². The maximum atomic E-state index is 12.9. The molecule has 1 aliphatic rings. The van der Waals surface area contributed by atoms with Crippen LogP contribution in [0.5, 0.6) is 0 Å².